The summed E-state index contributed by atoms with van der Waals surface area (Å²) in [6.45, 7) is 0. The largest absolute Gasteiger partial charge is 0.356 e. The van der Waals surface area contributed by atoms with Crippen LogP contribution in [0.25, 0.3) is 27.7 Å². The van der Waals surface area contributed by atoms with Gasteiger partial charge in [0, 0.05) is 23.3 Å². The van der Waals surface area contributed by atoms with Gasteiger partial charge in [0.05, 0.1) is 21.8 Å². The lowest BCUT2D eigenvalue weighted by molar-refractivity contribution is -0.402. The number of rotatable bonds is 0. The zero-order valence-electron chi connectivity index (χ0n) is 13.5. The van der Waals surface area contributed by atoms with Gasteiger partial charge in [0.15, 0.2) is 0 Å². The van der Waals surface area contributed by atoms with Gasteiger partial charge in [-0.1, -0.05) is 18.2 Å². The van der Waals surface area contributed by atoms with Crippen LogP contribution < -0.4 is 0 Å². The van der Waals surface area contributed by atoms with Crippen LogP contribution in [0.2, 0.25) is 0 Å². The molecule has 1 aromatic carbocycles. The van der Waals surface area contributed by atoms with Crippen LogP contribution in [0.15, 0.2) is 48.8 Å². The Labute approximate surface area is 143 Å². The summed E-state index contributed by atoms with van der Waals surface area (Å²) in [6.07, 6.45) is 9.55. The minimum atomic E-state index is -1.75. The third kappa shape index (κ3) is 2.76. The Morgan fingerprint density at radius 3 is 2.56 bits per heavy atom. The summed E-state index contributed by atoms with van der Waals surface area (Å²) < 4.78 is 2.25. The molecule has 0 N–H and O–H groups in total. The predicted molar refractivity (Wildman–Crippen MR) is 96.3 cm³/mol. The van der Waals surface area contributed by atoms with Gasteiger partial charge in [0.2, 0.25) is 0 Å². The molecule has 0 saturated heterocycles. The van der Waals surface area contributed by atoms with E-state index in [4.69, 9.17) is 20.3 Å². The molecule has 1 aliphatic carbocycles. The Bertz CT molecular complexity index is 1050. The third-order valence-electron chi connectivity index (χ3n) is 4.76. The van der Waals surface area contributed by atoms with Crippen molar-refractivity contribution in [1.29, 1.82) is 0 Å². The molecule has 3 aliphatic rings. The number of nitrogens with zero attached hydrogens (tertiary/aromatic N) is 3. The first-order valence-corrected chi connectivity index (χ1v) is 8.26. The predicted octanol–water partition coefficient (Wildman–Crippen LogP) is 4.23. The summed E-state index contributed by atoms with van der Waals surface area (Å²) in [7, 11) is 0. The lowest BCUT2D eigenvalue weighted by Gasteiger charge is -2.18. The summed E-state index contributed by atoms with van der Waals surface area (Å²) >= 11 is 0. The van der Waals surface area contributed by atoms with Gasteiger partial charge in [-0.2, -0.15) is 0 Å². The first kappa shape index (κ1) is 15.4. The zero-order valence-corrected chi connectivity index (χ0v) is 13.5. The van der Waals surface area contributed by atoms with Crippen LogP contribution >= 0.6 is 0 Å². The van der Waals surface area contributed by atoms with E-state index in [9.17, 15) is 0 Å². The van der Waals surface area contributed by atoms with Gasteiger partial charge >= 0.3 is 0 Å². The van der Waals surface area contributed by atoms with Crippen molar-refractivity contribution < 1.29 is 5.09 Å². The Balaban J connectivity index is 0.000000358. The van der Waals surface area contributed by atoms with E-state index in [1.54, 1.807) is 0 Å². The van der Waals surface area contributed by atoms with Crippen molar-refractivity contribution in [2.45, 2.75) is 25.7 Å². The second kappa shape index (κ2) is 6.05. The number of hydrogen-bond acceptors (Lipinski definition) is 4. The fraction of sp³-hybridized carbons (Fsp3) is 0.211. The first-order valence-electron chi connectivity index (χ1n) is 8.26. The molecule has 0 atom stereocenters. The maximum absolute atomic E-state index is 8.25. The van der Waals surface area contributed by atoms with Crippen molar-refractivity contribution in [2.75, 3.05) is 0 Å². The van der Waals surface area contributed by atoms with Crippen LogP contribution in [-0.2, 0) is 12.8 Å². The molecule has 126 valence electrons. The number of pyridine rings is 2. The maximum Gasteiger partial charge on any atom is 0.0957 e. The maximum atomic E-state index is 8.25. The van der Waals surface area contributed by atoms with Crippen molar-refractivity contribution in [3.05, 3.63) is 75.2 Å². The van der Waals surface area contributed by atoms with Crippen molar-refractivity contribution in [2.24, 2.45) is 0 Å². The average molecular weight is 334 g/mol. The molecule has 2 aliphatic heterocycles. The van der Waals surface area contributed by atoms with E-state index < -0.39 is 5.09 Å². The monoisotopic (exact) mass is 334 g/mol. The van der Waals surface area contributed by atoms with Gasteiger partial charge in [-0.25, -0.2) is 4.98 Å². The van der Waals surface area contributed by atoms with Gasteiger partial charge in [0.25, 0.3) is 0 Å². The SMILES string of the molecule is O=[N+]([O-])[O-].c1ccc2c3ccn4cc5c(cc4c-3nc2c1)CCCC5. The highest BCUT2D eigenvalue weighted by molar-refractivity contribution is 6.01. The minimum Gasteiger partial charge on any atom is -0.356 e. The quantitative estimate of drug-likeness (QED) is 0.356. The molecule has 6 heteroatoms. The number of aryl methyl sites for hydroxylation is 2. The lowest BCUT2D eigenvalue weighted by atomic mass is 9.92. The molecule has 6 nitrogen and oxygen atoms in total. The Hall–Kier alpha value is -3.15. The summed E-state index contributed by atoms with van der Waals surface area (Å²) in [5.74, 6) is 0. The van der Waals surface area contributed by atoms with E-state index in [-0.39, 0.29) is 0 Å². The van der Waals surface area contributed by atoms with E-state index in [2.05, 4.69) is 53.2 Å². The molecule has 3 heterocycles. The summed E-state index contributed by atoms with van der Waals surface area (Å²) in [5.41, 5.74) is 7.76. The second-order valence-corrected chi connectivity index (χ2v) is 6.25. The van der Waals surface area contributed by atoms with Gasteiger partial charge in [0.1, 0.15) is 0 Å². The fourth-order valence-electron chi connectivity index (χ4n) is 3.68. The molecule has 5 rings (SSSR count). The number of para-hydroxylation sites is 1. The van der Waals surface area contributed by atoms with Crippen LogP contribution in [-0.4, -0.2) is 14.5 Å². The molecule has 0 spiro atoms. The highest BCUT2D eigenvalue weighted by Gasteiger charge is 2.17. The highest BCUT2D eigenvalue weighted by Crippen LogP contribution is 2.35. The topological polar surface area (TPSA) is 83.5 Å². The normalized spacial score (nSPS) is 13.4. The number of hydrogen-bond donors (Lipinski definition) is 0. The van der Waals surface area contributed by atoms with Crippen LogP contribution in [0.4, 0.5) is 0 Å². The van der Waals surface area contributed by atoms with E-state index in [0.717, 1.165) is 11.2 Å². The molecule has 0 saturated carbocycles. The molecule has 25 heavy (non-hydrogen) atoms. The Morgan fingerprint density at radius 2 is 1.76 bits per heavy atom. The molecule has 0 amide bonds. The fourth-order valence-corrected chi connectivity index (χ4v) is 3.68. The summed E-state index contributed by atoms with van der Waals surface area (Å²) in [6, 6.07) is 13.0. The van der Waals surface area contributed by atoms with Gasteiger partial charge < -0.3 is 19.7 Å². The molecule has 0 radical (unpaired) electrons. The molecule has 0 unspecified atom stereocenters. The minimum absolute atomic E-state index is 1.10. The van der Waals surface area contributed by atoms with E-state index in [1.807, 2.05) is 0 Å². The molecule has 2 aromatic rings. The van der Waals surface area contributed by atoms with Crippen molar-refractivity contribution in [1.82, 2.24) is 9.38 Å². The van der Waals surface area contributed by atoms with Crippen molar-refractivity contribution in [3.8, 4) is 11.3 Å². The zero-order chi connectivity index (χ0) is 17.4. The highest BCUT2D eigenvalue weighted by atomic mass is 16.9. The number of benzene rings is 1. The molecule has 0 fully saturated rings. The summed E-state index contributed by atoms with van der Waals surface area (Å²) in [4.78, 5) is 13.1. The molecular weight excluding hydrogens is 318 g/mol. The first-order chi connectivity index (χ1) is 12.1. The molecule has 0 bridgehead atoms. The smallest absolute Gasteiger partial charge is 0.0957 e. The molecule has 1 aromatic heterocycles. The van der Waals surface area contributed by atoms with E-state index in [1.165, 1.54) is 53.3 Å². The van der Waals surface area contributed by atoms with Crippen LogP contribution in [0.3, 0.4) is 0 Å². The van der Waals surface area contributed by atoms with Crippen LogP contribution in [0, 0.1) is 15.3 Å². The number of fused-ring (bicyclic) bond motifs is 6. The third-order valence-corrected chi connectivity index (χ3v) is 4.76. The van der Waals surface area contributed by atoms with Crippen molar-refractivity contribution in [3.63, 3.8) is 0 Å². The average Bonchev–Trinajstić information content (AvgIpc) is 2.99. The van der Waals surface area contributed by atoms with E-state index in [0.29, 0.717) is 0 Å². The second-order valence-electron chi connectivity index (χ2n) is 6.25. The molecular formula is C19H16N3O3-. The number of aromatic nitrogens is 2. The standard InChI is InChI=1S/C19H16N2.NO3/c1-2-6-14-12-21-10-9-16-15-7-3-4-8-17(15)20-19(16)18(21)11-13(14)5-1;2-1(3)4/h3-4,7-12H,1-2,5-6H2;/q;-1. The van der Waals surface area contributed by atoms with Gasteiger partial charge in [-0.15, -0.1) is 0 Å². The Kier molecular flexibility index (Phi) is 3.72. The summed E-state index contributed by atoms with van der Waals surface area (Å²) in [5, 5.41) is 16.0. The Morgan fingerprint density at radius 1 is 1.04 bits per heavy atom. The van der Waals surface area contributed by atoms with Crippen molar-refractivity contribution >= 4 is 16.4 Å². The lowest BCUT2D eigenvalue weighted by Crippen LogP contribution is -2.05. The van der Waals surface area contributed by atoms with Gasteiger partial charge in [-0.3, -0.25) is 0 Å². The van der Waals surface area contributed by atoms with Gasteiger partial charge in [-0.05, 0) is 55.0 Å². The van der Waals surface area contributed by atoms with E-state index >= 15 is 0 Å². The van der Waals surface area contributed by atoms with Crippen LogP contribution in [0.1, 0.15) is 24.0 Å². The van der Waals surface area contributed by atoms with Crippen LogP contribution in [0.5, 0.6) is 0 Å².